The summed E-state index contributed by atoms with van der Waals surface area (Å²) in [4.78, 5) is 19.1. The molecule has 10 nitrogen and oxygen atoms in total. The Bertz CT molecular complexity index is 1390. The molecule has 0 saturated carbocycles. The van der Waals surface area contributed by atoms with Crippen molar-refractivity contribution in [3.63, 3.8) is 0 Å². The average molecular weight is 441 g/mol. The number of nitrogens with zero attached hydrogens (tertiary/aromatic N) is 3. The summed E-state index contributed by atoms with van der Waals surface area (Å²) < 4.78 is 29.9. The first-order chi connectivity index (χ1) is 14.7. The Hall–Kier alpha value is -3.22. The Morgan fingerprint density at radius 1 is 1.26 bits per heavy atom. The van der Waals surface area contributed by atoms with Crippen molar-refractivity contribution >= 4 is 45.7 Å². The van der Waals surface area contributed by atoms with Crippen LogP contribution < -0.4 is 16.5 Å². The Kier molecular flexibility index (Phi) is 5.29. The maximum atomic E-state index is 12.2. The molecular weight excluding hydrogens is 421 g/mol. The molecule has 160 valence electrons. The summed E-state index contributed by atoms with van der Waals surface area (Å²) >= 11 is 0. The van der Waals surface area contributed by atoms with Crippen molar-refractivity contribution in [3.8, 4) is 0 Å². The van der Waals surface area contributed by atoms with Gasteiger partial charge in [0.15, 0.2) is 0 Å². The third-order valence-corrected chi connectivity index (χ3v) is 6.20. The fourth-order valence-corrected chi connectivity index (χ4v) is 4.69. The molecule has 0 radical (unpaired) electrons. The van der Waals surface area contributed by atoms with Gasteiger partial charge >= 0.3 is 12.8 Å². The second kappa shape index (κ2) is 7.80. The van der Waals surface area contributed by atoms with Gasteiger partial charge in [-0.2, -0.15) is 8.42 Å². The second-order valence-corrected chi connectivity index (χ2v) is 8.93. The molecule has 3 aromatic rings. The van der Waals surface area contributed by atoms with Gasteiger partial charge in [0.25, 0.3) is 10.0 Å². The van der Waals surface area contributed by atoms with Gasteiger partial charge in [0.2, 0.25) is 0 Å². The highest BCUT2D eigenvalue weighted by molar-refractivity contribution is 7.90. The van der Waals surface area contributed by atoms with Gasteiger partial charge in [-0.05, 0) is 43.1 Å². The zero-order chi connectivity index (χ0) is 22.3. The molecular formula is C19H20BN5O5S. The SMILES string of the molecule is CC(C)n1c(=O)[nH]c2ccc(/C=N/CNC3=NS(=O)(=O)c4cc(B(O)O)ccc43)cc21. The molecule has 0 fully saturated rings. The molecule has 4 rings (SSSR count). The molecule has 4 N–H and O–H groups in total. The summed E-state index contributed by atoms with van der Waals surface area (Å²) in [6, 6.07) is 9.57. The number of aromatic nitrogens is 2. The smallest absolute Gasteiger partial charge is 0.423 e. The molecule has 0 unspecified atom stereocenters. The second-order valence-electron chi connectivity index (χ2n) is 7.36. The van der Waals surface area contributed by atoms with Crippen molar-refractivity contribution < 1.29 is 18.5 Å². The van der Waals surface area contributed by atoms with Crippen LogP contribution in [-0.2, 0) is 10.0 Å². The monoisotopic (exact) mass is 441 g/mol. The van der Waals surface area contributed by atoms with Gasteiger partial charge in [0.05, 0.1) is 15.9 Å². The molecule has 1 aliphatic rings. The molecule has 0 aliphatic carbocycles. The summed E-state index contributed by atoms with van der Waals surface area (Å²) in [5.41, 5.74) is 2.54. The van der Waals surface area contributed by atoms with Gasteiger partial charge in [-0.25, -0.2) is 4.79 Å². The molecule has 0 atom stereocenters. The molecule has 2 aromatic carbocycles. The van der Waals surface area contributed by atoms with Gasteiger partial charge in [-0.15, -0.1) is 4.40 Å². The van der Waals surface area contributed by atoms with Crippen molar-refractivity contribution in [3.05, 3.63) is 58.0 Å². The minimum Gasteiger partial charge on any atom is -0.423 e. The van der Waals surface area contributed by atoms with Crippen LogP contribution in [0.25, 0.3) is 11.0 Å². The number of H-pyrrole nitrogens is 1. The van der Waals surface area contributed by atoms with E-state index in [0.717, 1.165) is 16.6 Å². The molecule has 0 bridgehead atoms. The maximum Gasteiger partial charge on any atom is 0.488 e. The van der Waals surface area contributed by atoms with Crippen LogP contribution in [-0.4, -0.2) is 53.9 Å². The summed E-state index contributed by atoms with van der Waals surface area (Å²) in [5, 5.41) is 21.4. The van der Waals surface area contributed by atoms with Crippen LogP contribution in [0.5, 0.6) is 0 Å². The van der Waals surface area contributed by atoms with Gasteiger partial charge in [0.1, 0.15) is 12.5 Å². The number of aromatic amines is 1. The lowest BCUT2D eigenvalue weighted by Gasteiger charge is -2.07. The summed E-state index contributed by atoms with van der Waals surface area (Å²) in [6.07, 6.45) is 1.62. The van der Waals surface area contributed by atoms with E-state index in [1.54, 1.807) is 16.8 Å². The first kappa shape index (κ1) is 21.0. The average Bonchev–Trinajstić information content (AvgIpc) is 3.17. The Morgan fingerprint density at radius 3 is 2.74 bits per heavy atom. The summed E-state index contributed by atoms with van der Waals surface area (Å²) in [7, 11) is -5.69. The van der Waals surface area contributed by atoms with E-state index in [0.29, 0.717) is 5.56 Å². The molecule has 1 aliphatic heterocycles. The topological polar surface area (TPSA) is 149 Å². The van der Waals surface area contributed by atoms with Crippen molar-refractivity contribution in [2.45, 2.75) is 24.8 Å². The van der Waals surface area contributed by atoms with E-state index in [2.05, 4.69) is 19.7 Å². The number of benzene rings is 2. The maximum absolute atomic E-state index is 12.2. The number of amidine groups is 1. The zero-order valence-corrected chi connectivity index (χ0v) is 17.6. The lowest BCUT2D eigenvalue weighted by molar-refractivity contribution is 0.425. The van der Waals surface area contributed by atoms with Gasteiger partial charge < -0.3 is 20.3 Å². The van der Waals surface area contributed by atoms with E-state index in [-0.39, 0.29) is 34.6 Å². The lowest BCUT2D eigenvalue weighted by Crippen LogP contribution is -2.31. The van der Waals surface area contributed by atoms with E-state index in [4.69, 9.17) is 0 Å². The van der Waals surface area contributed by atoms with Crippen molar-refractivity contribution in [2.24, 2.45) is 9.39 Å². The molecule has 0 saturated heterocycles. The number of hydrogen-bond donors (Lipinski definition) is 4. The van der Waals surface area contributed by atoms with Crippen LogP contribution in [0.3, 0.4) is 0 Å². The fraction of sp³-hybridized carbons (Fsp3) is 0.211. The number of aliphatic imine (C=N–C) groups is 1. The third kappa shape index (κ3) is 3.92. The molecule has 1 aromatic heterocycles. The van der Waals surface area contributed by atoms with Crippen LogP contribution >= 0.6 is 0 Å². The largest absolute Gasteiger partial charge is 0.488 e. The van der Waals surface area contributed by atoms with Crippen LogP contribution in [0.1, 0.15) is 31.0 Å². The predicted molar refractivity (Wildman–Crippen MR) is 119 cm³/mol. The van der Waals surface area contributed by atoms with Crippen LogP contribution in [0, 0.1) is 0 Å². The van der Waals surface area contributed by atoms with Crippen LogP contribution in [0.4, 0.5) is 0 Å². The summed E-state index contributed by atoms with van der Waals surface area (Å²) in [5.74, 6) is 0.140. The van der Waals surface area contributed by atoms with Crippen molar-refractivity contribution in [1.82, 2.24) is 14.9 Å². The normalized spacial score (nSPS) is 14.9. The van der Waals surface area contributed by atoms with Gasteiger partial charge in [-0.3, -0.25) is 9.56 Å². The van der Waals surface area contributed by atoms with E-state index < -0.39 is 17.1 Å². The highest BCUT2D eigenvalue weighted by Crippen LogP contribution is 2.24. The molecule has 0 amide bonds. The van der Waals surface area contributed by atoms with E-state index >= 15 is 0 Å². The standard InChI is InChI=1S/C19H20BN5O5S/c1-11(2)25-16-7-12(3-6-15(16)23-19(25)26)9-21-10-22-18-14-5-4-13(20(27)28)8-17(14)31(29,30)24-18/h3-9,11,27-28H,10H2,1-2H3,(H,22,24)(H,23,26)/b21-9+. The molecule has 0 spiro atoms. The fourth-order valence-electron chi connectivity index (χ4n) is 3.46. The lowest BCUT2D eigenvalue weighted by atomic mass is 9.80. The minimum atomic E-state index is -3.92. The molecule has 2 heterocycles. The number of nitrogens with one attached hydrogen (secondary N) is 2. The van der Waals surface area contributed by atoms with E-state index in [9.17, 15) is 23.3 Å². The van der Waals surface area contributed by atoms with Crippen LogP contribution in [0.2, 0.25) is 0 Å². The summed E-state index contributed by atoms with van der Waals surface area (Å²) in [6.45, 7) is 3.93. The highest BCUT2D eigenvalue weighted by Gasteiger charge is 2.30. The van der Waals surface area contributed by atoms with E-state index in [1.165, 1.54) is 18.2 Å². The number of rotatable bonds is 5. The number of imidazole rings is 1. The Morgan fingerprint density at radius 2 is 2.03 bits per heavy atom. The number of hydrogen-bond acceptors (Lipinski definition) is 7. The van der Waals surface area contributed by atoms with Crippen molar-refractivity contribution in [1.29, 1.82) is 0 Å². The van der Waals surface area contributed by atoms with E-state index in [1.807, 2.05) is 26.0 Å². The number of fused-ring (bicyclic) bond motifs is 2. The minimum absolute atomic E-state index is 0.00459. The zero-order valence-electron chi connectivity index (χ0n) is 16.8. The van der Waals surface area contributed by atoms with Gasteiger partial charge in [-0.1, -0.05) is 18.2 Å². The molecule has 12 heteroatoms. The Balaban J connectivity index is 1.52. The first-order valence-corrected chi connectivity index (χ1v) is 10.9. The predicted octanol–water partition coefficient (Wildman–Crippen LogP) is -0.295. The first-order valence-electron chi connectivity index (χ1n) is 9.51. The third-order valence-electron chi connectivity index (χ3n) is 4.88. The molecule has 31 heavy (non-hydrogen) atoms. The quantitative estimate of drug-likeness (QED) is 0.316. The number of sulfonamides is 1. The van der Waals surface area contributed by atoms with Gasteiger partial charge in [0, 0.05) is 17.8 Å². The van der Waals surface area contributed by atoms with Crippen molar-refractivity contribution in [2.75, 3.05) is 6.67 Å². The van der Waals surface area contributed by atoms with Crippen LogP contribution in [0.15, 0.2) is 55.5 Å². The Labute approximate surface area is 178 Å². The highest BCUT2D eigenvalue weighted by atomic mass is 32.2.